The predicted octanol–water partition coefficient (Wildman–Crippen LogP) is 3.51. The Morgan fingerprint density at radius 2 is 2.33 bits per heavy atom. The SMILES string of the molecule is CCn1ccnc1Sc1ccc(Br)c(C(=O)O)c1. The Labute approximate surface area is 117 Å². The van der Waals surface area contributed by atoms with E-state index in [0.717, 1.165) is 16.6 Å². The molecular formula is C12H11BrN2O2S. The van der Waals surface area contributed by atoms with Crippen LogP contribution in [0.2, 0.25) is 0 Å². The van der Waals surface area contributed by atoms with E-state index in [4.69, 9.17) is 5.11 Å². The highest BCUT2D eigenvalue weighted by Gasteiger charge is 2.11. The van der Waals surface area contributed by atoms with Gasteiger partial charge in [-0.3, -0.25) is 0 Å². The van der Waals surface area contributed by atoms with Crippen LogP contribution in [0, 0.1) is 0 Å². The normalized spacial score (nSPS) is 10.6. The molecule has 2 rings (SSSR count). The standard InChI is InChI=1S/C12H11BrN2O2S/c1-2-15-6-5-14-12(15)18-8-3-4-10(13)9(7-8)11(16)17/h3-7H,2H2,1H3,(H,16,17). The zero-order valence-electron chi connectivity index (χ0n) is 9.63. The Morgan fingerprint density at radius 1 is 1.56 bits per heavy atom. The van der Waals surface area contributed by atoms with Crippen molar-refractivity contribution in [3.8, 4) is 0 Å². The van der Waals surface area contributed by atoms with E-state index < -0.39 is 5.97 Å². The number of aryl methyl sites for hydroxylation is 1. The molecule has 1 heterocycles. The lowest BCUT2D eigenvalue weighted by atomic mass is 10.2. The van der Waals surface area contributed by atoms with E-state index in [2.05, 4.69) is 20.9 Å². The van der Waals surface area contributed by atoms with Crippen LogP contribution in [0.3, 0.4) is 0 Å². The third kappa shape index (κ3) is 2.76. The minimum Gasteiger partial charge on any atom is -0.478 e. The van der Waals surface area contributed by atoms with Crippen LogP contribution in [0.5, 0.6) is 0 Å². The van der Waals surface area contributed by atoms with Gasteiger partial charge in [0.15, 0.2) is 5.16 Å². The topological polar surface area (TPSA) is 55.1 Å². The Hall–Kier alpha value is -1.27. The summed E-state index contributed by atoms with van der Waals surface area (Å²) >= 11 is 4.68. The van der Waals surface area contributed by atoms with Crippen LogP contribution in [0.25, 0.3) is 0 Å². The molecular weight excluding hydrogens is 316 g/mol. The Morgan fingerprint density at radius 3 is 3.00 bits per heavy atom. The highest BCUT2D eigenvalue weighted by molar-refractivity contribution is 9.10. The molecule has 0 unspecified atom stereocenters. The van der Waals surface area contributed by atoms with Crippen LogP contribution in [0.1, 0.15) is 17.3 Å². The molecule has 0 bridgehead atoms. The fraction of sp³-hybridized carbons (Fsp3) is 0.167. The first-order valence-electron chi connectivity index (χ1n) is 5.33. The van der Waals surface area contributed by atoms with Gasteiger partial charge in [0, 0.05) is 28.3 Å². The largest absolute Gasteiger partial charge is 0.478 e. The maximum Gasteiger partial charge on any atom is 0.336 e. The Balaban J connectivity index is 2.30. The smallest absolute Gasteiger partial charge is 0.336 e. The number of halogens is 1. The van der Waals surface area contributed by atoms with Gasteiger partial charge in [-0.2, -0.15) is 0 Å². The average molecular weight is 327 g/mol. The second-order valence-electron chi connectivity index (χ2n) is 3.54. The molecule has 0 fully saturated rings. The van der Waals surface area contributed by atoms with Gasteiger partial charge in [0.05, 0.1) is 5.56 Å². The minimum absolute atomic E-state index is 0.259. The van der Waals surface area contributed by atoms with Gasteiger partial charge in [0.1, 0.15) is 0 Å². The number of benzene rings is 1. The number of hydrogen-bond acceptors (Lipinski definition) is 3. The Kier molecular flexibility index (Phi) is 4.08. The summed E-state index contributed by atoms with van der Waals surface area (Å²) in [6.45, 7) is 2.88. The maximum atomic E-state index is 11.0. The zero-order valence-corrected chi connectivity index (χ0v) is 12.0. The monoisotopic (exact) mass is 326 g/mol. The molecule has 0 spiro atoms. The fourth-order valence-electron chi connectivity index (χ4n) is 1.48. The molecule has 4 nitrogen and oxygen atoms in total. The molecule has 18 heavy (non-hydrogen) atoms. The molecule has 6 heteroatoms. The number of hydrogen-bond donors (Lipinski definition) is 1. The van der Waals surface area contributed by atoms with Gasteiger partial charge < -0.3 is 9.67 Å². The first-order valence-corrected chi connectivity index (χ1v) is 6.94. The number of nitrogens with zero attached hydrogens (tertiary/aromatic N) is 2. The van der Waals surface area contributed by atoms with Crippen molar-refractivity contribution in [2.24, 2.45) is 0 Å². The van der Waals surface area contributed by atoms with Crippen LogP contribution in [-0.4, -0.2) is 20.6 Å². The molecule has 0 amide bonds. The van der Waals surface area contributed by atoms with Gasteiger partial charge in [-0.25, -0.2) is 9.78 Å². The molecule has 0 aliphatic rings. The van der Waals surface area contributed by atoms with E-state index in [9.17, 15) is 4.79 Å². The van der Waals surface area contributed by atoms with Crippen molar-refractivity contribution in [2.45, 2.75) is 23.5 Å². The number of carboxylic acid groups (broad SMARTS) is 1. The highest BCUT2D eigenvalue weighted by atomic mass is 79.9. The van der Waals surface area contributed by atoms with E-state index in [0.29, 0.717) is 4.47 Å². The molecule has 0 saturated heterocycles. The van der Waals surface area contributed by atoms with Crippen molar-refractivity contribution in [2.75, 3.05) is 0 Å². The van der Waals surface area contributed by atoms with Crippen molar-refractivity contribution in [1.29, 1.82) is 0 Å². The molecule has 2 aromatic rings. The number of rotatable bonds is 4. The summed E-state index contributed by atoms with van der Waals surface area (Å²) < 4.78 is 2.59. The molecule has 0 aliphatic carbocycles. The summed E-state index contributed by atoms with van der Waals surface area (Å²) in [5.74, 6) is -0.942. The summed E-state index contributed by atoms with van der Waals surface area (Å²) in [4.78, 5) is 16.1. The van der Waals surface area contributed by atoms with Gasteiger partial charge in [-0.05, 0) is 41.1 Å². The van der Waals surface area contributed by atoms with E-state index in [1.54, 1.807) is 18.3 Å². The third-order valence-electron chi connectivity index (χ3n) is 2.40. The number of imidazole rings is 1. The first kappa shape index (κ1) is 13.2. The lowest BCUT2D eigenvalue weighted by molar-refractivity contribution is 0.0695. The van der Waals surface area contributed by atoms with Crippen LogP contribution in [-0.2, 0) is 6.54 Å². The van der Waals surface area contributed by atoms with Gasteiger partial charge >= 0.3 is 5.97 Å². The summed E-state index contributed by atoms with van der Waals surface area (Å²) in [6, 6.07) is 5.26. The molecule has 1 aromatic heterocycles. The van der Waals surface area contributed by atoms with E-state index in [-0.39, 0.29) is 5.56 Å². The number of aromatic carboxylic acids is 1. The van der Waals surface area contributed by atoms with E-state index in [1.165, 1.54) is 11.8 Å². The predicted molar refractivity (Wildman–Crippen MR) is 73.1 cm³/mol. The van der Waals surface area contributed by atoms with Crippen LogP contribution in [0.4, 0.5) is 0 Å². The quantitative estimate of drug-likeness (QED) is 0.934. The van der Waals surface area contributed by atoms with Crippen molar-refractivity contribution in [1.82, 2.24) is 9.55 Å². The number of aromatic nitrogens is 2. The molecule has 0 atom stereocenters. The molecule has 1 N–H and O–H groups in total. The molecule has 0 saturated carbocycles. The maximum absolute atomic E-state index is 11.0. The number of carboxylic acids is 1. The lowest BCUT2D eigenvalue weighted by Crippen LogP contribution is -1.98. The van der Waals surface area contributed by atoms with Crippen LogP contribution in [0.15, 0.2) is 45.1 Å². The minimum atomic E-state index is -0.942. The average Bonchev–Trinajstić information content (AvgIpc) is 2.78. The van der Waals surface area contributed by atoms with Crippen molar-refractivity contribution >= 4 is 33.7 Å². The molecule has 0 radical (unpaired) electrons. The number of carbonyl (C=O) groups is 1. The zero-order chi connectivity index (χ0) is 13.1. The first-order chi connectivity index (χ1) is 8.61. The second kappa shape index (κ2) is 5.58. The Bertz CT molecular complexity index is 583. The van der Waals surface area contributed by atoms with Gasteiger partial charge in [-0.1, -0.05) is 11.8 Å². The van der Waals surface area contributed by atoms with Gasteiger partial charge in [0.2, 0.25) is 0 Å². The summed E-state index contributed by atoms with van der Waals surface area (Å²) in [5.41, 5.74) is 0.259. The third-order valence-corrected chi connectivity index (χ3v) is 4.10. The van der Waals surface area contributed by atoms with Crippen molar-refractivity contribution in [3.63, 3.8) is 0 Å². The van der Waals surface area contributed by atoms with Gasteiger partial charge in [-0.15, -0.1) is 0 Å². The highest BCUT2D eigenvalue weighted by Crippen LogP contribution is 2.29. The van der Waals surface area contributed by atoms with Crippen LogP contribution >= 0.6 is 27.7 Å². The summed E-state index contributed by atoms with van der Waals surface area (Å²) in [6.07, 6.45) is 3.64. The fourth-order valence-corrected chi connectivity index (χ4v) is 2.84. The molecule has 1 aromatic carbocycles. The van der Waals surface area contributed by atoms with Gasteiger partial charge in [0.25, 0.3) is 0 Å². The second-order valence-corrected chi connectivity index (χ2v) is 5.44. The van der Waals surface area contributed by atoms with Crippen molar-refractivity contribution in [3.05, 3.63) is 40.6 Å². The lowest BCUT2D eigenvalue weighted by Gasteiger charge is -2.06. The van der Waals surface area contributed by atoms with E-state index in [1.807, 2.05) is 23.8 Å². The van der Waals surface area contributed by atoms with Crippen molar-refractivity contribution < 1.29 is 9.90 Å². The van der Waals surface area contributed by atoms with E-state index >= 15 is 0 Å². The molecule has 94 valence electrons. The summed E-state index contributed by atoms with van der Waals surface area (Å²) in [5, 5.41) is 9.91. The van der Waals surface area contributed by atoms with Crippen LogP contribution < -0.4 is 0 Å². The summed E-state index contributed by atoms with van der Waals surface area (Å²) in [7, 11) is 0. The molecule has 0 aliphatic heterocycles.